The highest BCUT2D eigenvalue weighted by molar-refractivity contribution is 8.00. The predicted octanol–water partition coefficient (Wildman–Crippen LogP) is 4.26. The van der Waals surface area contributed by atoms with E-state index in [4.69, 9.17) is 4.74 Å². The molecule has 6 heteroatoms. The summed E-state index contributed by atoms with van der Waals surface area (Å²) in [4.78, 5) is 23.8. The maximum Gasteiger partial charge on any atom is 0.233 e. The van der Waals surface area contributed by atoms with Gasteiger partial charge in [0.25, 0.3) is 0 Å². The zero-order valence-electron chi connectivity index (χ0n) is 15.6. The van der Waals surface area contributed by atoms with Gasteiger partial charge in [0.05, 0.1) is 5.75 Å². The highest BCUT2D eigenvalue weighted by Gasteiger charge is 2.43. The standard InChI is InChI=1S/C22H23N3O2S/c26-22(14-28-20-13-24-19-6-2-1-5-18(19)20)25-15-8-9-16(25)12-17(11-15)27-21-7-3-4-10-23-21/h1-7,10,13,15-17,24H,8-9,11-12,14H2. The molecular weight excluding hydrogens is 370 g/mol. The van der Waals surface area contributed by atoms with Crippen LogP contribution in [0.3, 0.4) is 0 Å². The molecule has 2 unspecified atom stereocenters. The Morgan fingerprint density at radius 1 is 1.14 bits per heavy atom. The first kappa shape index (κ1) is 17.6. The van der Waals surface area contributed by atoms with Crippen LogP contribution in [0.15, 0.2) is 59.8 Å². The zero-order chi connectivity index (χ0) is 18.9. The highest BCUT2D eigenvalue weighted by atomic mass is 32.2. The number of carbonyl (C=O) groups excluding carboxylic acids is 1. The number of nitrogens with zero attached hydrogens (tertiary/aromatic N) is 2. The van der Waals surface area contributed by atoms with E-state index in [-0.39, 0.29) is 12.0 Å². The lowest BCUT2D eigenvalue weighted by molar-refractivity contribution is -0.134. The molecule has 2 aliphatic heterocycles. The average Bonchev–Trinajstić information content (AvgIpc) is 3.25. The minimum atomic E-state index is 0.151. The Kier molecular flexibility index (Phi) is 4.72. The molecule has 2 bridgehead atoms. The Morgan fingerprint density at radius 2 is 1.93 bits per heavy atom. The molecule has 1 aromatic carbocycles. The van der Waals surface area contributed by atoms with Gasteiger partial charge in [0.1, 0.15) is 6.10 Å². The SMILES string of the molecule is O=C(CSc1c[nH]c2ccccc12)N1C2CCC1CC(Oc1ccccn1)C2. The van der Waals surface area contributed by atoms with Crippen LogP contribution in [0, 0.1) is 0 Å². The number of para-hydroxylation sites is 1. The lowest BCUT2D eigenvalue weighted by atomic mass is 9.99. The zero-order valence-corrected chi connectivity index (χ0v) is 16.4. The first-order valence-corrected chi connectivity index (χ1v) is 10.8. The van der Waals surface area contributed by atoms with E-state index in [2.05, 4.69) is 27.0 Å². The van der Waals surface area contributed by atoms with Crippen molar-refractivity contribution in [3.8, 4) is 5.88 Å². The number of benzene rings is 1. The predicted molar refractivity (Wildman–Crippen MR) is 111 cm³/mol. The maximum atomic E-state index is 13.0. The number of fused-ring (bicyclic) bond motifs is 3. The number of thioether (sulfide) groups is 1. The van der Waals surface area contributed by atoms with Gasteiger partial charge in [-0.2, -0.15) is 0 Å². The maximum absolute atomic E-state index is 13.0. The van der Waals surface area contributed by atoms with E-state index in [0.29, 0.717) is 23.7 Å². The summed E-state index contributed by atoms with van der Waals surface area (Å²) in [7, 11) is 0. The van der Waals surface area contributed by atoms with Gasteiger partial charge in [0.2, 0.25) is 11.8 Å². The van der Waals surface area contributed by atoms with Crippen molar-refractivity contribution in [3.63, 3.8) is 0 Å². The van der Waals surface area contributed by atoms with Gasteiger partial charge in [-0.3, -0.25) is 4.79 Å². The molecule has 2 saturated heterocycles. The third kappa shape index (κ3) is 3.37. The van der Waals surface area contributed by atoms with Crippen LogP contribution in [-0.2, 0) is 4.79 Å². The number of carbonyl (C=O) groups is 1. The minimum Gasteiger partial charge on any atom is -0.474 e. The molecular formula is C22H23N3O2S. The highest BCUT2D eigenvalue weighted by Crippen LogP contribution is 2.38. The van der Waals surface area contributed by atoms with Crippen LogP contribution in [0.5, 0.6) is 5.88 Å². The number of aromatic amines is 1. The fourth-order valence-corrected chi connectivity index (χ4v) is 5.50. The van der Waals surface area contributed by atoms with Gasteiger partial charge in [0, 0.05) is 59.2 Å². The fourth-order valence-electron chi connectivity index (χ4n) is 4.60. The Bertz CT molecular complexity index is 960. The van der Waals surface area contributed by atoms with E-state index < -0.39 is 0 Å². The van der Waals surface area contributed by atoms with Crippen molar-refractivity contribution in [1.29, 1.82) is 0 Å². The van der Waals surface area contributed by atoms with Crippen LogP contribution < -0.4 is 4.74 Å². The molecule has 2 fully saturated rings. The number of pyridine rings is 1. The molecule has 2 aromatic heterocycles. The number of hydrogen-bond donors (Lipinski definition) is 1. The topological polar surface area (TPSA) is 58.2 Å². The third-order valence-electron chi connectivity index (χ3n) is 5.81. The molecule has 5 rings (SSSR count). The number of aromatic nitrogens is 2. The molecule has 1 amide bonds. The average molecular weight is 394 g/mol. The molecule has 1 N–H and O–H groups in total. The van der Waals surface area contributed by atoms with Crippen LogP contribution in [0.1, 0.15) is 25.7 Å². The van der Waals surface area contributed by atoms with E-state index >= 15 is 0 Å². The lowest BCUT2D eigenvalue weighted by Gasteiger charge is -2.38. The van der Waals surface area contributed by atoms with Gasteiger partial charge in [-0.1, -0.05) is 24.3 Å². The van der Waals surface area contributed by atoms with Crippen molar-refractivity contribution in [2.75, 3.05) is 5.75 Å². The first-order chi connectivity index (χ1) is 13.8. The van der Waals surface area contributed by atoms with Gasteiger partial charge in [-0.25, -0.2) is 4.98 Å². The van der Waals surface area contributed by atoms with Gasteiger partial charge in [-0.05, 0) is 25.0 Å². The third-order valence-corrected chi connectivity index (χ3v) is 6.85. The van der Waals surface area contributed by atoms with Crippen molar-refractivity contribution in [3.05, 3.63) is 54.9 Å². The van der Waals surface area contributed by atoms with Gasteiger partial charge < -0.3 is 14.6 Å². The lowest BCUT2D eigenvalue weighted by Crippen LogP contribution is -2.50. The molecule has 0 aliphatic carbocycles. The largest absolute Gasteiger partial charge is 0.474 e. The fraction of sp³-hybridized carbons (Fsp3) is 0.364. The second-order valence-electron chi connectivity index (χ2n) is 7.55. The molecule has 2 aliphatic rings. The van der Waals surface area contributed by atoms with Gasteiger partial charge in [-0.15, -0.1) is 11.8 Å². The summed E-state index contributed by atoms with van der Waals surface area (Å²) in [6.45, 7) is 0. The van der Waals surface area contributed by atoms with Gasteiger partial charge >= 0.3 is 0 Å². The quantitative estimate of drug-likeness (QED) is 0.658. The van der Waals surface area contributed by atoms with Crippen molar-refractivity contribution in [1.82, 2.24) is 14.9 Å². The summed E-state index contributed by atoms with van der Waals surface area (Å²) in [6, 6.07) is 14.5. The Hall–Kier alpha value is -2.47. The van der Waals surface area contributed by atoms with E-state index in [0.717, 1.165) is 36.1 Å². The molecule has 2 atom stereocenters. The van der Waals surface area contributed by atoms with Crippen molar-refractivity contribution in [2.24, 2.45) is 0 Å². The van der Waals surface area contributed by atoms with Crippen LogP contribution in [0.2, 0.25) is 0 Å². The van der Waals surface area contributed by atoms with Crippen LogP contribution in [-0.4, -0.2) is 44.7 Å². The van der Waals surface area contributed by atoms with Crippen LogP contribution in [0.4, 0.5) is 0 Å². The number of H-pyrrole nitrogens is 1. The molecule has 0 spiro atoms. The number of rotatable bonds is 5. The van der Waals surface area contributed by atoms with E-state index in [1.54, 1.807) is 18.0 Å². The van der Waals surface area contributed by atoms with E-state index in [1.807, 2.05) is 36.5 Å². The smallest absolute Gasteiger partial charge is 0.233 e. The molecule has 0 radical (unpaired) electrons. The molecule has 144 valence electrons. The monoisotopic (exact) mass is 393 g/mol. The summed E-state index contributed by atoms with van der Waals surface area (Å²) in [5.41, 5.74) is 1.12. The van der Waals surface area contributed by atoms with Crippen LogP contribution >= 0.6 is 11.8 Å². The van der Waals surface area contributed by atoms with E-state index in [9.17, 15) is 4.79 Å². The number of amides is 1. The second kappa shape index (κ2) is 7.51. The Morgan fingerprint density at radius 3 is 2.71 bits per heavy atom. The molecule has 4 heterocycles. The summed E-state index contributed by atoms with van der Waals surface area (Å²) < 4.78 is 6.07. The summed E-state index contributed by atoms with van der Waals surface area (Å²) in [5, 5.41) is 1.19. The van der Waals surface area contributed by atoms with Crippen molar-refractivity contribution >= 4 is 28.6 Å². The number of ether oxygens (including phenoxy) is 1. The molecule has 5 nitrogen and oxygen atoms in total. The molecule has 28 heavy (non-hydrogen) atoms. The minimum absolute atomic E-state index is 0.151. The number of hydrogen-bond acceptors (Lipinski definition) is 4. The normalized spacial score (nSPS) is 23.9. The van der Waals surface area contributed by atoms with Crippen molar-refractivity contribution in [2.45, 2.75) is 48.8 Å². The number of nitrogens with one attached hydrogen (secondary N) is 1. The van der Waals surface area contributed by atoms with Crippen LogP contribution in [0.25, 0.3) is 10.9 Å². The first-order valence-electron chi connectivity index (χ1n) is 9.85. The summed E-state index contributed by atoms with van der Waals surface area (Å²) >= 11 is 1.63. The Balaban J connectivity index is 1.22. The van der Waals surface area contributed by atoms with E-state index in [1.165, 1.54) is 5.39 Å². The molecule has 3 aromatic rings. The Labute approximate surface area is 168 Å². The van der Waals surface area contributed by atoms with Gasteiger partial charge in [0.15, 0.2) is 0 Å². The summed E-state index contributed by atoms with van der Waals surface area (Å²) in [6.07, 6.45) is 7.87. The second-order valence-corrected chi connectivity index (χ2v) is 8.57. The van der Waals surface area contributed by atoms with Crippen molar-refractivity contribution < 1.29 is 9.53 Å². The molecule has 0 saturated carbocycles. The number of piperidine rings is 1. The summed E-state index contributed by atoms with van der Waals surface area (Å²) in [5.74, 6) is 1.42.